The van der Waals surface area contributed by atoms with E-state index < -0.39 is 0 Å². The van der Waals surface area contributed by atoms with Crippen LogP contribution in [0, 0.1) is 0 Å². The van der Waals surface area contributed by atoms with Crippen LogP contribution in [0.1, 0.15) is 6.92 Å². The number of rotatable bonds is 3. The molecule has 1 aromatic rings. The molecule has 0 saturated carbocycles. The minimum absolute atomic E-state index is 0.288. The van der Waals surface area contributed by atoms with Gasteiger partial charge < -0.3 is 5.11 Å². The van der Waals surface area contributed by atoms with Crippen LogP contribution in [0.15, 0.2) is 27.8 Å². The number of aliphatic hydroxyl groups is 1. The maximum Gasteiger partial charge on any atom is 0.110 e. The number of thioether (sulfide) groups is 1. The van der Waals surface area contributed by atoms with Crippen molar-refractivity contribution in [2.75, 3.05) is 5.75 Å². The summed E-state index contributed by atoms with van der Waals surface area (Å²) < 4.78 is 0.982. The van der Waals surface area contributed by atoms with Crippen molar-refractivity contribution in [3.05, 3.63) is 22.8 Å². The average molecular weight is 248 g/mol. The number of pyridine rings is 1. The smallest absolute Gasteiger partial charge is 0.110 e. The van der Waals surface area contributed by atoms with E-state index in [1.807, 2.05) is 12.1 Å². The summed E-state index contributed by atoms with van der Waals surface area (Å²) in [5.41, 5.74) is 0. The number of hydrogen-bond acceptors (Lipinski definition) is 3. The lowest BCUT2D eigenvalue weighted by atomic mass is 10.5. The summed E-state index contributed by atoms with van der Waals surface area (Å²) in [5, 5.41) is 9.97. The van der Waals surface area contributed by atoms with Crippen LogP contribution in [0.25, 0.3) is 0 Å². The van der Waals surface area contributed by atoms with Crippen LogP contribution in [-0.4, -0.2) is 21.9 Å². The zero-order valence-corrected chi connectivity index (χ0v) is 9.10. The zero-order chi connectivity index (χ0) is 8.97. The molecule has 0 aromatic carbocycles. The van der Waals surface area contributed by atoms with Crippen molar-refractivity contribution in [2.24, 2.45) is 0 Å². The van der Waals surface area contributed by atoms with Crippen molar-refractivity contribution in [2.45, 2.75) is 18.1 Å². The molecular weight excluding hydrogens is 238 g/mol. The molecule has 1 N–H and O–H groups in total. The van der Waals surface area contributed by atoms with Crippen molar-refractivity contribution in [1.29, 1.82) is 0 Å². The predicted molar refractivity (Wildman–Crippen MR) is 54.3 cm³/mol. The Morgan fingerprint density at radius 2 is 2.50 bits per heavy atom. The highest BCUT2D eigenvalue weighted by atomic mass is 79.9. The lowest BCUT2D eigenvalue weighted by Crippen LogP contribution is -2.02. The third kappa shape index (κ3) is 3.13. The fourth-order valence-corrected chi connectivity index (χ4v) is 2.02. The second kappa shape index (κ2) is 4.84. The molecule has 1 rings (SSSR count). The monoisotopic (exact) mass is 247 g/mol. The van der Waals surface area contributed by atoms with Gasteiger partial charge in [-0.3, -0.25) is 0 Å². The summed E-state index contributed by atoms with van der Waals surface area (Å²) in [4.78, 5) is 4.16. The van der Waals surface area contributed by atoms with Gasteiger partial charge in [-0.1, -0.05) is 0 Å². The third-order valence-corrected chi connectivity index (χ3v) is 3.34. The molecule has 2 nitrogen and oxygen atoms in total. The topological polar surface area (TPSA) is 33.1 Å². The van der Waals surface area contributed by atoms with Crippen molar-refractivity contribution < 1.29 is 5.11 Å². The van der Waals surface area contributed by atoms with Gasteiger partial charge in [0.1, 0.15) is 5.03 Å². The lowest BCUT2D eigenvalue weighted by molar-refractivity contribution is 0.220. The number of nitrogens with zero attached hydrogens (tertiary/aromatic N) is 1. The molecule has 0 unspecified atom stereocenters. The van der Waals surface area contributed by atoms with E-state index in [9.17, 15) is 0 Å². The first-order valence-corrected chi connectivity index (χ1v) is 5.39. The lowest BCUT2D eigenvalue weighted by Gasteiger charge is -2.03. The first-order chi connectivity index (χ1) is 5.70. The van der Waals surface area contributed by atoms with Gasteiger partial charge in [-0.15, -0.1) is 11.8 Å². The normalized spacial score (nSPS) is 12.9. The molecule has 0 spiro atoms. The summed E-state index contributed by atoms with van der Waals surface area (Å²) in [6, 6.07) is 3.81. The van der Waals surface area contributed by atoms with E-state index in [2.05, 4.69) is 20.9 Å². The van der Waals surface area contributed by atoms with Crippen molar-refractivity contribution in [3.63, 3.8) is 0 Å². The van der Waals surface area contributed by atoms with Crippen LogP contribution in [0.4, 0.5) is 0 Å². The fraction of sp³-hybridized carbons (Fsp3) is 0.375. The molecule has 0 amide bonds. The van der Waals surface area contributed by atoms with Gasteiger partial charge in [-0.2, -0.15) is 0 Å². The van der Waals surface area contributed by atoms with Gasteiger partial charge >= 0.3 is 0 Å². The van der Waals surface area contributed by atoms with Gasteiger partial charge in [0.15, 0.2) is 0 Å². The molecule has 0 fully saturated rings. The van der Waals surface area contributed by atoms with Gasteiger partial charge in [0.2, 0.25) is 0 Å². The molecule has 1 heterocycles. The first kappa shape index (κ1) is 10.0. The SMILES string of the molecule is C[C@H](O)CSc1ncccc1Br. The molecular formula is C8H10BrNOS. The van der Waals surface area contributed by atoms with Crippen molar-refractivity contribution in [1.82, 2.24) is 4.98 Å². The minimum Gasteiger partial charge on any atom is -0.393 e. The second-order valence-corrected chi connectivity index (χ2v) is 4.31. The summed E-state index contributed by atoms with van der Waals surface area (Å²) in [6.45, 7) is 1.77. The molecule has 0 aliphatic carbocycles. The molecule has 0 aliphatic heterocycles. The Hall–Kier alpha value is -0.0600. The van der Waals surface area contributed by atoms with Gasteiger partial charge in [0.25, 0.3) is 0 Å². The van der Waals surface area contributed by atoms with Crippen LogP contribution < -0.4 is 0 Å². The highest BCUT2D eigenvalue weighted by Gasteiger charge is 2.02. The van der Waals surface area contributed by atoms with E-state index in [-0.39, 0.29) is 6.10 Å². The Morgan fingerprint density at radius 3 is 3.08 bits per heavy atom. The molecule has 1 atom stereocenters. The van der Waals surface area contributed by atoms with E-state index in [0.717, 1.165) is 9.50 Å². The zero-order valence-electron chi connectivity index (χ0n) is 6.70. The van der Waals surface area contributed by atoms with Gasteiger partial charge in [0, 0.05) is 16.4 Å². The highest BCUT2D eigenvalue weighted by Crippen LogP contribution is 2.24. The van der Waals surface area contributed by atoms with Crippen LogP contribution in [0.3, 0.4) is 0 Å². The largest absolute Gasteiger partial charge is 0.393 e. The van der Waals surface area contributed by atoms with Crippen molar-refractivity contribution in [3.8, 4) is 0 Å². The first-order valence-electron chi connectivity index (χ1n) is 3.61. The van der Waals surface area contributed by atoms with Crippen LogP contribution in [0.2, 0.25) is 0 Å². The average Bonchev–Trinajstić information content (AvgIpc) is 2.03. The molecule has 0 bridgehead atoms. The molecule has 0 radical (unpaired) electrons. The molecule has 0 aliphatic rings. The van der Waals surface area contributed by atoms with E-state index in [1.54, 1.807) is 24.9 Å². The Bertz CT molecular complexity index is 255. The highest BCUT2D eigenvalue weighted by molar-refractivity contribution is 9.10. The standard InChI is InChI=1S/C8H10BrNOS/c1-6(11)5-12-8-7(9)3-2-4-10-8/h2-4,6,11H,5H2,1H3/t6-/m0/s1. The molecule has 1 aromatic heterocycles. The van der Waals surface area contributed by atoms with Gasteiger partial charge in [-0.25, -0.2) is 4.98 Å². The summed E-state index contributed by atoms with van der Waals surface area (Å²) in [5.74, 6) is 0.676. The third-order valence-electron chi connectivity index (χ3n) is 1.19. The molecule has 12 heavy (non-hydrogen) atoms. The van der Waals surface area contributed by atoms with E-state index >= 15 is 0 Å². The van der Waals surface area contributed by atoms with Gasteiger partial charge in [-0.05, 0) is 35.0 Å². The van der Waals surface area contributed by atoms with Crippen LogP contribution in [0.5, 0.6) is 0 Å². The fourth-order valence-electron chi connectivity index (χ4n) is 0.677. The summed E-state index contributed by atoms with van der Waals surface area (Å²) in [7, 11) is 0. The number of aromatic nitrogens is 1. The Balaban J connectivity index is 2.57. The van der Waals surface area contributed by atoms with E-state index in [1.165, 1.54) is 0 Å². The maximum absolute atomic E-state index is 9.04. The number of aliphatic hydroxyl groups excluding tert-OH is 1. The molecule has 4 heteroatoms. The summed E-state index contributed by atoms with van der Waals surface area (Å²) in [6.07, 6.45) is 1.46. The quantitative estimate of drug-likeness (QED) is 0.833. The van der Waals surface area contributed by atoms with Crippen LogP contribution >= 0.6 is 27.7 Å². The Kier molecular flexibility index (Phi) is 4.05. The molecule has 0 saturated heterocycles. The van der Waals surface area contributed by atoms with E-state index in [0.29, 0.717) is 5.75 Å². The summed E-state index contributed by atoms with van der Waals surface area (Å²) >= 11 is 4.93. The number of hydrogen-bond donors (Lipinski definition) is 1. The molecule has 66 valence electrons. The number of halogens is 1. The van der Waals surface area contributed by atoms with Gasteiger partial charge in [0.05, 0.1) is 6.10 Å². The predicted octanol–water partition coefficient (Wildman–Crippen LogP) is 2.32. The van der Waals surface area contributed by atoms with E-state index in [4.69, 9.17) is 5.11 Å². The Morgan fingerprint density at radius 1 is 1.75 bits per heavy atom. The Labute approximate surface area is 84.5 Å². The second-order valence-electron chi connectivity index (χ2n) is 2.45. The van der Waals surface area contributed by atoms with Crippen LogP contribution in [-0.2, 0) is 0 Å². The minimum atomic E-state index is -0.288. The van der Waals surface area contributed by atoms with Crippen molar-refractivity contribution >= 4 is 27.7 Å². The maximum atomic E-state index is 9.04.